The largest absolute Gasteiger partial charge is 0.495 e. The Labute approximate surface area is 108 Å². The Bertz CT molecular complexity index is 760. The topological polar surface area (TPSA) is 73.9 Å². The van der Waals surface area contributed by atoms with Gasteiger partial charge in [-0.25, -0.2) is 9.97 Å². The molecule has 0 aliphatic heterocycles. The van der Waals surface area contributed by atoms with E-state index < -0.39 is 0 Å². The number of hydrogen-bond acceptors (Lipinski definition) is 5. The summed E-state index contributed by atoms with van der Waals surface area (Å²) < 4.78 is 5.17. The van der Waals surface area contributed by atoms with Crippen molar-refractivity contribution in [1.29, 1.82) is 0 Å². The number of fused-ring (bicyclic) bond motifs is 2. The average molecular weight is 261 g/mol. The molecule has 3 rings (SSSR count). The number of benzene rings is 1. The molecular formula is C12H9ClN4O. The molecule has 3 aromatic rings. The first-order valence-electron chi connectivity index (χ1n) is 5.24. The number of nitrogen functional groups attached to an aromatic ring is 1. The lowest BCUT2D eigenvalue weighted by Crippen LogP contribution is -1.96. The first-order chi connectivity index (χ1) is 8.67. The van der Waals surface area contributed by atoms with Crippen molar-refractivity contribution >= 4 is 39.5 Å². The molecule has 0 amide bonds. The van der Waals surface area contributed by atoms with Crippen LogP contribution in [0.5, 0.6) is 5.75 Å². The zero-order valence-electron chi connectivity index (χ0n) is 9.51. The highest BCUT2D eigenvalue weighted by atomic mass is 35.5. The lowest BCUT2D eigenvalue weighted by Gasteiger charge is -2.06. The average Bonchev–Trinajstić information content (AvgIpc) is 2.35. The minimum Gasteiger partial charge on any atom is -0.495 e. The van der Waals surface area contributed by atoms with Crippen LogP contribution in [0, 0.1) is 0 Å². The number of ether oxygens (including phenoxy) is 1. The van der Waals surface area contributed by atoms with Gasteiger partial charge >= 0.3 is 0 Å². The monoisotopic (exact) mass is 260 g/mol. The zero-order valence-corrected chi connectivity index (χ0v) is 10.3. The van der Waals surface area contributed by atoms with E-state index in [1.807, 2.05) is 12.1 Å². The van der Waals surface area contributed by atoms with E-state index in [1.54, 1.807) is 19.4 Å². The SMILES string of the molecule is COc1cc2cc3cnc(N)nc3nc2cc1Cl. The maximum atomic E-state index is 6.06. The molecule has 0 aliphatic rings. The van der Waals surface area contributed by atoms with Crippen LogP contribution in [0.4, 0.5) is 5.95 Å². The molecule has 2 N–H and O–H groups in total. The van der Waals surface area contributed by atoms with Crippen LogP contribution in [0.3, 0.4) is 0 Å². The predicted octanol–water partition coefficient (Wildman–Crippen LogP) is 2.42. The van der Waals surface area contributed by atoms with Crippen molar-refractivity contribution in [3.05, 3.63) is 29.4 Å². The van der Waals surface area contributed by atoms with Crippen LogP contribution < -0.4 is 10.5 Å². The van der Waals surface area contributed by atoms with Crippen molar-refractivity contribution in [3.63, 3.8) is 0 Å². The van der Waals surface area contributed by atoms with Gasteiger partial charge in [0.2, 0.25) is 5.95 Å². The van der Waals surface area contributed by atoms with E-state index in [-0.39, 0.29) is 5.95 Å². The third kappa shape index (κ3) is 1.69. The molecule has 6 heteroatoms. The van der Waals surface area contributed by atoms with Gasteiger partial charge < -0.3 is 10.5 Å². The summed E-state index contributed by atoms with van der Waals surface area (Å²) >= 11 is 6.06. The molecule has 1 aromatic carbocycles. The van der Waals surface area contributed by atoms with E-state index in [9.17, 15) is 0 Å². The number of anilines is 1. The molecule has 0 bridgehead atoms. The molecule has 2 heterocycles. The second-order valence-electron chi connectivity index (χ2n) is 3.81. The Morgan fingerprint density at radius 2 is 2.00 bits per heavy atom. The van der Waals surface area contributed by atoms with Gasteiger partial charge in [-0.2, -0.15) is 4.98 Å². The molecule has 0 spiro atoms. The number of aromatic nitrogens is 3. The van der Waals surface area contributed by atoms with Crippen molar-refractivity contribution in [2.24, 2.45) is 0 Å². The summed E-state index contributed by atoms with van der Waals surface area (Å²) in [5.74, 6) is 0.815. The van der Waals surface area contributed by atoms with Crippen molar-refractivity contribution in [2.45, 2.75) is 0 Å². The second-order valence-corrected chi connectivity index (χ2v) is 4.22. The van der Waals surface area contributed by atoms with E-state index in [2.05, 4.69) is 15.0 Å². The fraction of sp³-hybridized carbons (Fsp3) is 0.0833. The summed E-state index contributed by atoms with van der Waals surface area (Å²) in [6.07, 6.45) is 1.64. The summed E-state index contributed by atoms with van der Waals surface area (Å²) in [5, 5.41) is 2.25. The summed E-state index contributed by atoms with van der Waals surface area (Å²) in [6.45, 7) is 0. The first-order valence-corrected chi connectivity index (χ1v) is 5.61. The minimum atomic E-state index is 0.203. The molecule has 0 saturated heterocycles. The Balaban J connectivity index is 2.37. The Morgan fingerprint density at radius 3 is 2.78 bits per heavy atom. The molecule has 0 aliphatic carbocycles. The molecule has 90 valence electrons. The summed E-state index contributed by atoms with van der Waals surface area (Å²) in [7, 11) is 1.57. The standard InChI is InChI=1S/C12H9ClN4O/c1-18-10-3-6-2-7-5-15-12(14)17-11(7)16-9(6)4-8(10)13/h2-5H,1H3,(H2,14,15,16,17). The normalized spacial score (nSPS) is 11.0. The van der Waals surface area contributed by atoms with Gasteiger partial charge in [0, 0.05) is 17.0 Å². The van der Waals surface area contributed by atoms with Crippen molar-refractivity contribution in [1.82, 2.24) is 15.0 Å². The fourth-order valence-electron chi connectivity index (χ4n) is 1.80. The van der Waals surface area contributed by atoms with E-state index in [4.69, 9.17) is 22.1 Å². The van der Waals surface area contributed by atoms with Gasteiger partial charge in [0.15, 0.2) is 5.65 Å². The van der Waals surface area contributed by atoms with Gasteiger partial charge in [-0.15, -0.1) is 0 Å². The molecule has 5 nitrogen and oxygen atoms in total. The Hall–Kier alpha value is -2.14. The molecule has 18 heavy (non-hydrogen) atoms. The molecule has 0 fully saturated rings. The number of nitrogens with zero attached hydrogens (tertiary/aromatic N) is 3. The minimum absolute atomic E-state index is 0.203. The first kappa shape index (κ1) is 11.0. The number of pyridine rings is 1. The van der Waals surface area contributed by atoms with Crippen LogP contribution in [0.15, 0.2) is 24.4 Å². The molecule has 0 saturated carbocycles. The molecule has 0 atom stereocenters. The van der Waals surface area contributed by atoms with Gasteiger partial charge in [0.1, 0.15) is 5.75 Å². The van der Waals surface area contributed by atoms with E-state index in [0.717, 1.165) is 16.3 Å². The zero-order chi connectivity index (χ0) is 12.7. The maximum Gasteiger partial charge on any atom is 0.222 e. The van der Waals surface area contributed by atoms with Crippen LogP contribution in [-0.2, 0) is 0 Å². The van der Waals surface area contributed by atoms with Gasteiger partial charge in [0.05, 0.1) is 17.6 Å². The van der Waals surface area contributed by atoms with Gasteiger partial charge in [-0.05, 0) is 18.2 Å². The number of halogens is 1. The summed E-state index contributed by atoms with van der Waals surface area (Å²) in [4.78, 5) is 12.4. The van der Waals surface area contributed by atoms with Crippen molar-refractivity contribution in [3.8, 4) is 5.75 Å². The van der Waals surface area contributed by atoms with Crippen LogP contribution in [-0.4, -0.2) is 22.1 Å². The third-order valence-electron chi connectivity index (χ3n) is 2.65. The van der Waals surface area contributed by atoms with Crippen LogP contribution in [0.25, 0.3) is 21.9 Å². The molecule has 0 radical (unpaired) electrons. The van der Waals surface area contributed by atoms with E-state index >= 15 is 0 Å². The van der Waals surface area contributed by atoms with Crippen LogP contribution in [0.1, 0.15) is 0 Å². The Morgan fingerprint density at radius 1 is 1.17 bits per heavy atom. The summed E-state index contributed by atoms with van der Waals surface area (Å²) in [5.41, 5.74) is 6.83. The lowest BCUT2D eigenvalue weighted by atomic mass is 10.2. The molecule has 0 unspecified atom stereocenters. The highest BCUT2D eigenvalue weighted by Gasteiger charge is 2.07. The number of nitrogens with two attached hydrogens (primary N) is 1. The van der Waals surface area contributed by atoms with Gasteiger partial charge in [-0.1, -0.05) is 11.6 Å². The highest BCUT2D eigenvalue weighted by molar-refractivity contribution is 6.32. The number of methoxy groups -OCH3 is 1. The Kier molecular flexibility index (Phi) is 2.41. The van der Waals surface area contributed by atoms with Crippen molar-refractivity contribution in [2.75, 3.05) is 12.8 Å². The molecular weight excluding hydrogens is 252 g/mol. The smallest absolute Gasteiger partial charge is 0.222 e. The quantitative estimate of drug-likeness (QED) is 0.680. The fourth-order valence-corrected chi connectivity index (χ4v) is 2.03. The maximum absolute atomic E-state index is 6.06. The van der Waals surface area contributed by atoms with Crippen molar-refractivity contribution < 1.29 is 4.74 Å². The van der Waals surface area contributed by atoms with Gasteiger partial charge in [0.25, 0.3) is 0 Å². The second kappa shape index (κ2) is 3.96. The van der Waals surface area contributed by atoms with E-state index in [0.29, 0.717) is 16.4 Å². The van der Waals surface area contributed by atoms with E-state index in [1.165, 1.54) is 0 Å². The van der Waals surface area contributed by atoms with Crippen LogP contribution >= 0.6 is 11.6 Å². The highest BCUT2D eigenvalue weighted by Crippen LogP contribution is 2.30. The third-order valence-corrected chi connectivity index (χ3v) is 2.95. The van der Waals surface area contributed by atoms with Crippen LogP contribution in [0.2, 0.25) is 5.02 Å². The number of hydrogen-bond donors (Lipinski definition) is 1. The summed E-state index contributed by atoms with van der Waals surface area (Å²) in [6, 6.07) is 5.50. The lowest BCUT2D eigenvalue weighted by molar-refractivity contribution is 0.415. The predicted molar refractivity (Wildman–Crippen MR) is 70.8 cm³/mol. The molecule has 2 aromatic heterocycles. The van der Waals surface area contributed by atoms with Gasteiger partial charge in [-0.3, -0.25) is 0 Å². The number of rotatable bonds is 1.